The van der Waals surface area contributed by atoms with E-state index in [4.69, 9.17) is 20.9 Å². The second kappa shape index (κ2) is 8.19. The molecule has 1 aliphatic heterocycles. The smallest absolute Gasteiger partial charge is 0.327 e. The molecule has 2 fully saturated rings. The van der Waals surface area contributed by atoms with Crippen molar-refractivity contribution in [3.05, 3.63) is 46.6 Å². The Morgan fingerprint density at radius 3 is 2.54 bits per heavy atom. The van der Waals surface area contributed by atoms with Crippen LogP contribution in [-0.2, 0) is 9.53 Å². The van der Waals surface area contributed by atoms with Gasteiger partial charge in [0.2, 0.25) is 5.89 Å². The standard InChI is InChI=1S/C20H25ClN4O3/c1-13(19-22-18(23-28-19)14-7-8-14)24-9-11-25(12-10-24)17(20(26)27-2)15-5-3-4-6-16(15)21/h3-6,13-14,17H,7-12H2,1-2H3/t13-,17+/m0/s1. The third kappa shape index (κ3) is 3.92. The van der Waals surface area contributed by atoms with Gasteiger partial charge >= 0.3 is 5.97 Å². The highest BCUT2D eigenvalue weighted by molar-refractivity contribution is 6.31. The summed E-state index contributed by atoms with van der Waals surface area (Å²) in [7, 11) is 1.41. The number of hydrogen-bond donors (Lipinski definition) is 0. The number of aromatic nitrogens is 2. The normalized spacial score (nSPS) is 20.7. The predicted molar refractivity (Wildman–Crippen MR) is 104 cm³/mol. The van der Waals surface area contributed by atoms with Crippen LogP contribution in [0, 0.1) is 0 Å². The van der Waals surface area contributed by atoms with Crippen LogP contribution in [0.5, 0.6) is 0 Å². The molecule has 1 aromatic heterocycles. The third-order valence-electron chi connectivity index (χ3n) is 5.64. The van der Waals surface area contributed by atoms with E-state index in [2.05, 4.69) is 26.9 Å². The number of methoxy groups -OCH3 is 1. The highest BCUT2D eigenvalue weighted by Gasteiger charge is 2.35. The second-order valence-corrected chi connectivity index (χ2v) is 7.87. The van der Waals surface area contributed by atoms with Crippen molar-refractivity contribution < 1.29 is 14.1 Å². The van der Waals surface area contributed by atoms with Gasteiger partial charge in [0, 0.05) is 37.1 Å². The highest BCUT2D eigenvalue weighted by atomic mass is 35.5. The van der Waals surface area contributed by atoms with Crippen LogP contribution in [0.3, 0.4) is 0 Å². The van der Waals surface area contributed by atoms with Gasteiger partial charge in [-0.15, -0.1) is 0 Å². The van der Waals surface area contributed by atoms with Crippen molar-refractivity contribution in [1.82, 2.24) is 19.9 Å². The van der Waals surface area contributed by atoms with Crippen LogP contribution in [-0.4, -0.2) is 59.2 Å². The maximum absolute atomic E-state index is 12.5. The van der Waals surface area contributed by atoms with Crippen LogP contribution in [0.25, 0.3) is 0 Å². The lowest BCUT2D eigenvalue weighted by Gasteiger charge is -2.39. The molecule has 1 saturated carbocycles. The van der Waals surface area contributed by atoms with Gasteiger partial charge in [0.05, 0.1) is 13.2 Å². The van der Waals surface area contributed by atoms with Gasteiger partial charge in [0.1, 0.15) is 6.04 Å². The van der Waals surface area contributed by atoms with Gasteiger partial charge in [-0.2, -0.15) is 4.98 Å². The van der Waals surface area contributed by atoms with Gasteiger partial charge in [0.15, 0.2) is 5.82 Å². The molecule has 0 amide bonds. The Morgan fingerprint density at radius 1 is 1.21 bits per heavy atom. The predicted octanol–water partition coefficient (Wildman–Crippen LogP) is 3.19. The molecule has 0 bridgehead atoms. The fourth-order valence-corrected chi connectivity index (χ4v) is 3.98. The minimum atomic E-state index is -0.499. The lowest BCUT2D eigenvalue weighted by molar-refractivity contribution is -0.148. The van der Waals surface area contributed by atoms with E-state index in [1.807, 2.05) is 18.2 Å². The average molecular weight is 405 g/mol. The monoisotopic (exact) mass is 404 g/mol. The first-order chi connectivity index (χ1) is 13.6. The Kier molecular flexibility index (Phi) is 5.66. The van der Waals surface area contributed by atoms with E-state index in [0.717, 1.165) is 50.4 Å². The lowest BCUT2D eigenvalue weighted by atomic mass is 10.0. The van der Waals surface area contributed by atoms with E-state index in [-0.39, 0.29) is 12.0 Å². The quantitative estimate of drug-likeness (QED) is 0.684. The zero-order chi connectivity index (χ0) is 19.7. The largest absolute Gasteiger partial charge is 0.468 e. The molecule has 2 aromatic rings. The Balaban J connectivity index is 1.43. The molecule has 1 aliphatic carbocycles. The average Bonchev–Trinajstić information content (AvgIpc) is 3.46. The molecular weight excluding hydrogens is 380 g/mol. The molecule has 0 radical (unpaired) electrons. The van der Waals surface area contributed by atoms with E-state index in [9.17, 15) is 4.79 Å². The summed E-state index contributed by atoms with van der Waals surface area (Å²) in [5.74, 6) is 1.70. The molecule has 2 heterocycles. The number of carbonyl (C=O) groups excluding carboxylic acids is 1. The van der Waals surface area contributed by atoms with Crippen LogP contribution in [0.2, 0.25) is 5.02 Å². The summed E-state index contributed by atoms with van der Waals surface area (Å²) in [5.41, 5.74) is 0.781. The Labute approximate surface area is 169 Å². The minimum Gasteiger partial charge on any atom is -0.468 e. The lowest BCUT2D eigenvalue weighted by Crippen LogP contribution is -2.50. The van der Waals surface area contributed by atoms with Crippen molar-refractivity contribution in [3.8, 4) is 0 Å². The number of piperazine rings is 1. The topological polar surface area (TPSA) is 71.7 Å². The van der Waals surface area contributed by atoms with Crippen LogP contribution in [0.15, 0.2) is 28.8 Å². The number of carbonyl (C=O) groups is 1. The molecule has 0 spiro atoms. The fraction of sp³-hybridized carbons (Fsp3) is 0.550. The molecule has 2 atom stereocenters. The number of rotatable bonds is 6. The zero-order valence-electron chi connectivity index (χ0n) is 16.2. The van der Waals surface area contributed by atoms with Crippen molar-refractivity contribution >= 4 is 17.6 Å². The summed E-state index contributed by atoms with van der Waals surface area (Å²) in [5, 5.41) is 4.70. The van der Waals surface area contributed by atoms with Crippen LogP contribution < -0.4 is 0 Å². The third-order valence-corrected chi connectivity index (χ3v) is 5.99. The number of nitrogens with zero attached hydrogens (tertiary/aromatic N) is 4. The first-order valence-corrected chi connectivity index (χ1v) is 10.1. The van der Waals surface area contributed by atoms with Crippen molar-refractivity contribution in [2.24, 2.45) is 0 Å². The maximum Gasteiger partial charge on any atom is 0.327 e. The summed E-state index contributed by atoms with van der Waals surface area (Å²) >= 11 is 6.36. The van der Waals surface area contributed by atoms with E-state index >= 15 is 0 Å². The van der Waals surface area contributed by atoms with Crippen molar-refractivity contribution in [1.29, 1.82) is 0 Å². The van der Waals surface area contributed by atoms with E-state index in [1.165, 1.54) is 7.11 Å². The molecule has 2 aliphatic rings. The molecule has 8 heteroatoms. The summed E-state index contributed by atoms with van der Waals surface area (Å²) < 4.78 is 10.6. The molecule has 1 saturated heterocycles. The molecular formula is C20H25ClN4O3. The van der Waals surface area contributed by atoms with Crippen LogP contribution >= 0.6 is 11.6 Å². The van der Waals surface area contributed by atoms with E-state index in [1.54, 1.807) is 6.07 Å². The summed E-state index contributed by atoms with van der Waals surface area (Å²) in [6.45, 7) is 5.12. The van der Waals surface area contributed by atoms with Crippen molar-refractivity contribution in [2.75, 3.05) is 33.3 Å². The second-order valence-electron chi connectivity index (χ2n) is 7.46. The van der Waals surface area contributed by atoms with Crippen LogP contribution in [0.1, 0.15) is 55.0 Å². The summed E-state index contributed by atoms with van der Waals surface area (Å²) in [4.78, 5) is 21.5. The maximum atomic E-state index is 12.5. The minimum absolute atomic E-state index is 0.0547. The first-order valence-electron chi connectivity index (χ1n) is 9.72. The molecule has 0 N–H and O–H groups in total. The Morgan fingerprint density at radius 2 is 1.89 bits per heavy atom. The Hall–Kier alpha value is -1.96. The van der Waals surface area contributed by atoms with Gasteiger partial charge in [-0.05, 0) is 31.4 Å². The molecule has 7 nitrogen and oxygen atoms in total. The first kappa shape index (κ1) is 19.4. The summed E-state index contributed by atoms with van der Waals surface area (Å²) in [6.07, 6.45) is 2.31. The molecule has 28 heavy (non-hydrogen) atoms. The van der Waals surface area contributed by atoms with Crippen LogP contribution in [0.4, 0.5) is 0 Å². The Bertz CT molecular complexity index is 830. The van der Waals surface area contributed by atoms with Crippen molar-refractivity contribution in [3.63, 3.8) is 0 Å². The zero-order valence-corrected chi connectivity index (χ0v) is 16.9. The number of benzene rings is 1. The van der Waals surface area contributed by atoms with Crippen molar-refractivity contribution in [2.45, 2.75) is 37.8 Å². The SMILES string of the molecule is COC(=O)[C@@H](c1ccccc1Cl)N1CCN([C@@H](C)c2nc(C3CC3)no2)CC1. The van der Waals surface area contributed by atoms with Gasteiger partial charge in [-0.25, -0.2) is 4.79 Å². The van der Waals surface area contributed by atoms with Gasteiger partial charge < -0.3 is 9.26 Å². The number of hydrogen-bond acceptors (Lipinski definition) is 7. The fourth-order valence-electron chi connectivity index (χ4n) is 3.74. The molecule has 4 rings (SSSR count). The van der Waals surface area contributed by atoms with Gasteiger partial charge in [-0.1, -0.05) is 35.0 Å². The van der Waals surface area contributed by atoms with Gasteiger partial charge in [0.25, 0.3) is 0 Å². The number of ether oxygens (including phenoxy) is 1. The van der Waals surface area contributed by atoms with Gasteiger partial charge in [-0.3, -0.25) is 9.80 Å². The molecule has 1 aromatic carbocycles. The highest BCUT2D eigenvalue weighted by Crippen LogP contribution is 2.39. The van der Waals surface area contributed by atoms with E-state index < -0.39 is 6.04 Å². The summed E-state index contributed by atoms with van der Waals surface area (Å²) in [6, 6.07) is 7.00. The number of halogens is 1. The number of esters is 1. The molecule has 0 unspecified atom stereocenters. The van der Waals surface area contributed by atoms with E-state index in [0.29, 0.717) is 16.8 Å². The molecule has 150 valence electrons.